The molecule has 1 rings (SSSR count). The van der Waals surface area contributed by atoms with Gasteiger partial charge in [0.1, 0.15) is 5.02 Å². The minimum absolute atomic E-state index is 0.131. The lowest BCUT2D eigenvalue weighted by Crippen LogP contribution is -2.20. The van der Waals surface area contributed by atoms with Gasteiger partial charge in [-0.15, -0.1) is 0 Å². The summed E-state index contributed by atoms with van der Waals surface area (Å²) in [6.45, 7) is 5.96. The fourth-order valence-corrected chi connectivity index (χ4v) is 2.40. The summed E-state index contributed by atoms with van der Waals surface area (Å²) in [5.74, 6) is 0.280. The van der Waals surface area contributed by atoms with Crippen LogP contribution in [0.1, 0.15) is 45.2 Å². The van der Waals surface area contributed by atoms with E-state index in [1.807, 2.05) is 0 Å². The number of hydrogen-bond acceptors (Lipinski definition) is 4. The first-order valence-corrected chi connectivity index (χ1v) is 6.95. The fourth-order valence-electron chi connectivity index (χ4n) is 2.08. The van der Waals surface area contributed by atoms with Gasteiger partial charge in [-0.1, -0.05) is 38.3 Å². The van der Waals surface area contributed by atoms with Gasteiger partial charge in [-0.05, 0) is 25.8 Å². The van der Waals surface area contributed by atoms with Crippen molar-refractivity contribution in [3.05, 3.63) is 26.9 Å². The molecule has 0 aliphatic rings. The first kappa shape index (κ1) is 15.7. The van der Waals surface area contributed by atoms with Crippen molar-refractivity contribution >= 4 is 23.1 Å². The number of rotatable bonds is 7. The summed E-state index contributed by atoms with van der Waals surface area (Å²) in [6.07, 6.45) is 3.95. The van der Waals surface area contributed by atoms with E-state index in [0.717, 1.165) is 25.7 Å². The smallest absolute Gasteiger partial charge is 0.329 e. The minimum Gasteiger partial charge on any atom is -0.362 e. The topological polar surface area (TPSA) is 68.1 Å². The molecule has 0 bridgehead atoms. The van der Waals surface area contributed by atoms with Crippen LogP contribution in [0.25, 0.3) is 0 Å². The van der Waals surface area contributed by atoms with Gasteiger partial charge in [0, 0.05) is 11.7 Å². The highest BCUT2D eigenvalue weighted by Gasteiger charge is 2.23. The molecule has 1 aromatic heterocycles. The highest BCUT2D eigenvalue weighted by Crippen LogP contribution is 2.32. The highest BCUT2D eigenvalue weighted by atomic mass is 35.5. The summed E-state index contributed by atoms with van der Waals surface area (Å²) >= 11 is 5.95. The van der Waals surface area contributed by atoms with E-state index < -0.39 is 4.92 Å². The van der Waals surface area contributed by atoms with E-state index in [-0.39, 0.29) is 22.6 Å². The lowest BCUT2D eigenvalue weighted by atomic mass is 10.1. The van der Waals surface area contributed by atoms with Crippen LogP contribution in [0.2, 0.25) is 5.02 Å². The molecule has 0 atom stereocenters. The molecule has 1 N–H and O–H groups in total. The highest BCUT2D eigenvalue weighted by molar-refractivity contribution is 6.33. The van der Waals surface area contributed by atoms with Crippen molar-refractivity contribution in [1.29, 1.82) is 0 Å². The van der Waals surface area contributed by atoms with Crippen molar-refractivity contribution in [2.24, 2.45) is 0 Å². The number of anilines is 1. The number of nitrogens with one attached hydrogen (secondary N) is 1. The molecule has 0 saturated carbocycles. The van der Waals surface area contributed by atoms with Gasteiger partial charge >= 0.3 is 5.69 Å². The Morgan fingerprint density at radius 3 is 2.47 bits per heavy atom. The number of aromatic nitrogens is 1. The summed E-state index contributed by atoms with van der Waals surface area (Å²) in [5.41, 5.74) is 0.536. The van der Waals surface area contributed by atoms with Crippen LogP contribution < -0.4 is 5.32 Å². The Bertz CT molecular complexity index is 446. The Hall–Kier alpha value is -1.36. The third-order valence-electron chi connectivity index (χ3n) is 2.87. The average Bonchev–Trinajstić information content (AvgIpc) is 2.27. The zero-order valence-corrected chi connectivity index (χ0v) is 12.3. The molecule has 0 saturated heterocycles. The first-order valence-electron chi connectivity index (χ1n) is 6.57. The molecule has 0 spiro atoms. The van der Waals surface area contributed by atoms with E-state index in [1.54, 1.807) is 6.92 Å². The largest absolute Gasteiger partial charge is 0.362 e. The zero-order valence-electron chi connectivity index (χ0n) is 11.6. The van der Waals surface area contributed by atoms with Crippen molar-refractivity contribution in [2.75, 3.05) is 5.32 Å². The second kappa shape index (κ2) is 7.28. The van der Waals surface area contributed by atoms with E-state index >= 15 is 0 Å². The van der Waals surface area contributed by atoms with Crippen molar-refractivity contribution in [1.82, 2.24) is 4.98 Å². The number of hydrogen-bond donors (Lipinski definition) is 1. The van der Waals surface area contributed by atoms with E-state index in [1.165, 1.54) is 6.07 Å². The lowest BCUT2D eigenvalue weighted by Gasteiger charge is -2.18. The Kier molecular flexibility index (Phi) is 6.02. The number of aryl methyl sites for hydroxylation is 1. The van der Waals surface area contributed by atoms with Gasteiger partial charge in [-0.2, -0.15) is 0 Å². The predicted molar refractivity (Wildman–Crippen MR) is 77.9 cm³/mol. The van der Waals surface area contributed by atoms with Crippen LogP contribution in [0, 0.1) is 17.0 Å². The number of nitrogens with zero attached hydrogens (tertiary/aromatic N) is 2. The Morgan fingerprint density at radius 1 is 1.42 bits per heavy atom. The number of pyridine rings is 1. The second-order valence-corrected chi connectivity index (χ2v) is 5.03. The van der Waals surface area contributed by atoms with Crippen LogP contribution in [0.4, 0.5) is 11.5 Å². The van der Waals surface area contributed by atoms with E-state index in [0.29, 0.717) is 5.69 Å². The summed E-state index contributed by atoms with van der Waals surface area (Å²) < 4.78 is 0. The van der Waals surface area contributed by atoms with Crippen LogP contribution in [-0.4, -0.2) is 15.9 Å². The Labute approximate surface area is 118 Å². The van der Waals surface area contributed by atoms with Crippen molar-refractivity contribution < 1.29 is 4.92 Å². The summed E-state index contributed by atoms with van der Waals surface area (Å²) in [6, 6.07) is 1.71. The number of halogens is 1. The van der Waals surface area contributed by atoms with Crippen molar-refractivity contribution in [3.8, 4) is 0 Å². The van der Waals surface area contributed by atoms with Crippen molar-refractivity contribution in [3.63, 3.8) is 0 Å². The second-order valence-electron chi connectivity index (χ2n) is 4.62. The normalized spacial score (nSPS) is 10.8. The van der Waals surface area contributed by atoms with Gasteiger partial charge in [0.25, 0.3) is 0 Å². The van der Waals surface area contributed by atoms with Crippen LogP contribution >= 0.6 is 11.6 Å². The van der Waals surface area contributed by atoms with Crippen LogP contribution in [0.3, 0.4) is 0 Å². The Balaban J connectivity index is 3.06. The third-order valence-corrected chi connectivity index (χ3v) is 3.16. The molecule has 0 amide bonds. The van der Waals surface area contributed by atoms with Gasteiger partial charge in [-0.3, -0.25) is 10.1 Å². The van der Waals surface area contributed by atoms with Gasteiger partial charge in [0.15, 0.2) is 0 Å². The lowest BCUT2D eigenvalue weighted by molar-refractivity contribution is -0.384. The molecule has 5 nitrogen and oxygen atoms in total. The molecule has 1 heterocycles. The maximum atomic E-state index is 11.1. The predicted octanol–water partition coefficient (Wildman–Crippen LogP) is 4.33. The quantitative estimate of drug-likeness (QED) is 0.598. The average molecular weight is 286 g/mol. The molecule has 0 fully saturated rings. The monoisotopic (exact) mass is 285 g/mol. The molecule has 1 aromatic rings. The molecule has 0 radical (unpaired) electrons. The van der Waals surface area contributed by atoms with Gasteiger partial charge in [0.05, 0.1) is 4.92 Å². The van der Waals surface area contributed by atoms with Gasteiger partial charge in [0.2, 0.25) is 5.82 Å². The summed E-state index contributed by atoms with van der Waals surface area (Å²) in [4.78, 5) is 14.8. The van der Waals surface area contributed by atoms with Crippen LogP contribution in [-0.2, 0) is 0 Å². The molecule has 6 heteroatoms. The molecule has 0 aliphatic heterocycles. The summed E-state index contributed by atoms with van der Waals surface area (Å²) in [5, 5.41) is 14.4. The molecular weight excluding hydrogens is 266 g/mol. The first-order chi connectivity index (χ1) is 8.99. The molecule has 0 aromatic carbocycles. The number of nitro groups is 1. The molecular formula is C13H20ClN3O2. The van der Waals surface area contributed by atoms with E-state index in [9.17, 15) is 10.1 Å². The SMILES string of the molecule is CCCC(CCC)Nc1nc(C)cc(Cl)c1[N+](=O)[O-]. The minimum atomic E-state index is -0.480. The van der Waals surface area contributed by atoms with Crippen molar-refractivity contribution in [2.45, 2.75) is 52.5 Å². The molecule has 0 aliphatic carbocycles. The van der Waals surface area contributed by atoms with E-state index in [4.69, 9.17) is 11.6 Å². The van der Waals surface area contributed by atoms with Gasteiger partial charge < -0.3 is 5.32 Å². The molecule has 19 heavy (non-hydrogen) atoms. The standard InChI is InChI=1S/C13H20ClN3O2/c1-4-6-10(7-5-2)16-13-12(17(18)19)11(14)8-9(3)15-13/h8,10H,4-7H2,1-3H3,(H,15,16). The fraction of sp³-hybridized carbons (Fsp3) is 0.615. The third kappa shape index (κ3) is 4.35. The maximum Gasteiger partial charge on any atom is 0.329 e. The zero-order chi connectivity index (χ0) is 14.4. The molecule has 0 unspecified atom stereocenters. The Morgan fingerprint density at radius 2 is 2.00 bits per heavy atom. The summed E-state index contributed by atoms with van der Waals surface area (Å²) in [7, 11) is 0. The van der Waals surface area contributed by atoms with Crippen LogP contribution in [0.5, 0.6) is 0 Å². The van der Waals surface area contributed by atoms with Gasteiger partial charge in [-0.25, -0.2) is 4.98 Å². The molecule has 106 valence electrons. The van der Waals surface area contributed by atoms with Crippen LogP contribution in [0.15, 0.2) is 6.07 Å². The van der Waals surface area contributed by atoms with E-state index in [2.05, 4.69) is 24.1 Å². The maximum absolute atomic E-state index is 11.1.